The minimum absolute atomic E-state index is 0.529. The SMILES string of the molecule is Cn1c(-c2sccc2Cl)nc2cc(CN)ccc21. The molecule has 2 aromatic heterocycles. The molecule has 3 aromatic rings. The van der Waals surface area contributed by atoms with E-state index >= 15 is 0 Å². The van der Waals surface area contributed by atoms with Crippen LogP contribution in [0.4, 0.5) is 0 Å². The summed E-state index contributed by atoms with van der Waals surface area (Å²) in [6.45, 7) is 0.529. The predicted octanol–water partition coefficient (Wildman–Crippen LogP) is 3.41. The smallest absolute Gasteiger partial charge is 0.152 e. The fraction of sp³-hybridized carbons (Fsp3) is 0.154. The summed E-state index contributed by atoms with van der Waals surface area (Å²) in [6, 6.07) is 8.01. The number of imidazole rings is 1. The first kappa shape index (κ1) is 11.7. The lowest BCUT2D eigenvalue weighted by molar-refractivity contribution is 0.962. The molecule has 0 saturated carbocycles. The molecule has 18 heavy (non-hydrogen) atoms. The molecule has 5 heteroatoms. The van der Waals surface area contributed by atoms with Gasteiger partial charge in [0.25, 0.3) is 0 Å². The Morgan fingerprint density at radius 1 is 1.39 bits per heavy atom. The zero-order valence-corrected chi connectivity index (χ0v) is 11.4. The van der Waals surface area contributed by atoms with Gasteiger partial charge in [0, 0.05) is 13.6 Å². The summed E-state index contributed by atoms with van der Waals surface area (Å²) >= 11 is 7.77. The van der Waals surface area contributed by atoms with E-state index in [1.165, 1.54) is 0 Å². The number of nitrogens with zero attached hydrogens (tertiary/aromatic N) is 2. The van der Waals surface area contributed by atoms with Gasteiger partial charge in [0.15, 0.2) is 5.82 Å². The van der Waals surface area contributed by atoms with Crippen molar-refractivity contribution in [3.05, 3.63) is 40.2 Å². The molecule has 0 atom stereocenters. The number of aryl methyl sites for hydroxylation is 1. The minimum atomic E-state index is 0.529. The van der Waals surface area contributed by atoms with Gasteiger partial charge in [0.1, 0.15) is 0 Å². The Bertz CT molecular complexity index is 714. The number of hydrogen-bond donors (Lipinski definition) is 1. The van der Waals surface area contributed by atoms with Gasteiger partial charge in [-0.3, -0.25) is 0 Å². The standard InChI is InChI=1S/C13H12ClN3S/c1-17-11-3-2-8(7-15)6-10(11)16-13(17)12-9(14)4-5-18-12/h2-6H,7,15H2,1H3. The molecule has 0 aliphatic rings. The number of aromatic nitrogens is 2. The average Bonchev–Trinajstić information content (AvgIpc) is 2.93. The number of hydrogen-bond acceptors (Lipinski definition) is 3. The van der Waals surface area contributed by atoms with Crippen LogP contribution >= 0.6 is 22.9 Å². The lowest BCUT2D eigenvalue weighted by atomic mass is 10.2. The fourth-order valence-corrected chi connectivity index (χ4v) is 3.19. The first-order valence-electron chi connectivity index (χ1n) is 5.59. The maximum Gasteiger partial charge on any atom is 0.152 e. The Morgan fingerprint density at radius 2 is 2.22 bits per heavy atom. The number of halogens is 1. The molecule has 0 aliphatic carbocycles. The Morgan fingerprint density at radius 3 is 2.89 bits per heavy atom. The Balaban J connectivity index is 2.25. The maximum absolute atomic E-state index is 6.17. The van der Waals surface area contributed by atoms with Crippen molar-refractivity contribution < 1.29 is 0 Å². The van der Waals surface area contributed by atoms with Crippen LogP contribution in [0.15, 0.2) is 29.6 Å². The second-order valence-electron chi connectivity index (χ2n) is 4.12. The molecular weight excluding hydrogens is 266 g/mol. The molecular formula is C13H12ClN3S. The molecule has 0 radical (unpaired) electrons. The third-order valence-corrected chi connectivity index (χ3v) is 4.34. The lowest BCUT2D eigenvalue weighted by Gasteiger charge is -2.00. The van der Waals surface area contributed by atoms with Gasteiger partial charge in [0.05, 0.1) is 20.9 Å². The van der Waals surface area contributed by atoms with Crippen LogP contribution in [0.25, 0.3) is 21.7 Å². The van der Waals surface area contributed by atoms with Gasteiger partial charge in [-0.1, -0.05) is 17.7 Å². The van der Waals surface area contributed by atoms with Gasteiger partial charge in [-0.05, 0) is 29.1 Å². The van der Waals surface area contributed by atoms with Crippen molar-refractivity contribution in [3.8, 4) is 10.7 Å². The third kappa shape index (κ3) is 1.73. The monoisotopic (exact) mass is 277 g/mol. The predicted molar refractivity (Wildman–Crippen MR) is 76.9 cm³/mol. The van der Waals surface area contributed by atoms with Gasteiger partial charge in [0.2, 0.25) is 0 Å². The van der Waals surface area contributed by atoms with E-state index in [0.717, 1.165) is 32.3 Å². The van der Waals surface area contributed by atoms with Crippen molar-refractivity contribution >= 4 is 34.0 Å². The molecule has 0 spiro atoms. The van der Waals surface area contributed by atoms with Crippen molar-refractivity contribution in [3.63, 3.8) is 0 Å². The molecule has 0 bridgehead atoms. The van der Waals surface area contributed by atoms with Crippen LogP contribution in [0.5, 0.6) is 0 Å². The van der Waals surface area contributed by atoms with Gasteiger partial charge < -0.3 is 10.3 Å². The average molecular weight is 278 g/mol. The van der Waals surface area contributed by atoms with Crippen LogP contribution in [-0.2, 0) is 13.6 Å². The van der Waals surface area contributed by atoms with Gasteiger partial charge >= 0.3 is 0 Å². The van der Waals surface area contributed by atoms with Crippen LogP contribution in [0.3, 0.4) is 0 Å². The van der Waals surface area contributed by atoms with E-state index in [4.69, 9.17) is 17.3 Å². The molecule has 1 aromatic carbocycles. The first-order chi connectivity index (χ1) is 8.70. The Kier molecular flexibility index (Phi) is 2.86. The molecule has 0 fully saturated rings. The summed E-state index contributed by atoms with van der Waals surface area (Å²) in [5.41, 5.74) is 8.79. The third-order valence-electron chi connectivity index (χ3n) is 3.00. The Hall–Kier alpha value is -1.36. The summed E-state index contributed by atoms with van der Waals surface area (Å²) in [6.07, 6.45) is 0. The summed E-state index contributed by atoms with van der Waals surface area (Å²) in [4.78, 5) is 5.66. The molecule has 0 aliphatic heterocycles. The van der Waals surface area contributed by atoms with E-state index in [1.807, 2.05) is 30.6 Å². The van der Waals surface area contributed by atoms with Crippen LogP contribution < -0.4 is 5.73 Å². The topological polar surface area (TPSA) is 43.8 Å². The Labute approximate surface area is 114 Å². The second kappa shape index (κ2) is 4.39. The molecule has 3 rings (SSSR count). The van der Waals surface area contributed by atoms with E-state index in [1.54, 1.807) is 11.3 Å². The normalized spacial score (nSPS) is 11.3. The summed E-state index contributed by atoms with van der Waals surface area (Å²) in [5.74, 6) is 0.902. The van der Waals surface area contributed by atoms with Crippen molar-refractivity contribution in [2.75, 3.05) is 0 Å². The fourth-order valence-electron chi connectivity index (χ4n) is 2.03. The summed E-state index contributed by atoms with van der Waals surface area (Å²) < 4.78 is 2.06. The lowest BCUT2D eigenvalue weighted by Crippen LogP contribution is -1.95. The molecule has 92 valence electrons. The van der Waals surface area contributed by atoms with Crippen LogP contribution in [0.1, 0.15) is 5.56 Å². The van der Waals surface area contributed by atoms with Crippen molar-refractivity contribution in [1.82, 2.24) is 9.55 Å². The van der Waals surface area contributed by atoms with Gasteiger partial charge in [-0.15, -0.1) is 11.3 Å². The van der Waals surface area contributed by atoms with E-state index in [0.29, 0.717) is 6.54 Å². The molecule has 0 amide bonds. The highest BCUT2D eigenvalue weighted by molar-refractivity contribution is 7.14. The molecule has 2 N–H and O–H groups in total. The van der Waals surface area contributed by atoms with Gasteiger partial charge in [-0.2, -0.15) is 0 Å². The maximum atomic E-state index is 6.17. The van der Waals surface area contributed by atoms with E-state index in [2.05, 4.69) is 15.6 Å². The molecule has 0 saturated heterocycles. The van der Waals surface area contributed by atoms with Gasteiger partial charge in [-0.25, -0.2) is 4.98 Å². The highest BCUT2D eigenvalue weighted by atomic mass is 35.5. The van der Waals surface area contributed by atoms with Crippen LogP contribution in [-0.4, -0.2) is 9.55 Å². The van der Waals surface area contributed by atoms with Crippen LogP contribution in [0.2, 0.25) is 5.02 Å². The zero-order valence-electron chi connectivity index (χ0n) is 9.85. The number of benzene rings is 1. The zero-order chi connectivity index (χ0) is 12.7. The van der Waals surface area contributed by atoms with E-state index in [9.17, 15) is 0 Å². The second-order valence-corrected chi connectivity index (χ2v) is 5.44. The first-order valence-corrected chi connectivity index (χ1v) is 6.85. The van der Waals surface area contributed by atoms with Crippen LogP contribution in [0, 0.1) is 0 Å². The van der Waals surface area contributed by atoms with Crippen molar-refractivity contribution in [2.45, 2.75) is 6.54 Å². The quantitative estimate of drug-likeness (QED) is 0.780. The minimum Gasteiger partial charge on any atom is -0.326 e. The molecule has 2 heterocycles. The molecule has 0 unspecified atom stereocenters. The highest BCUT2D eigenvalue weighted by Gasteiger charge is 2.13. The number of thiophene rings is 1. The number of fused-ring (bicyclic) bond motifs is 1. The largest absolute Gasteiger partial charge is 0.326 e. The summed E-state index contributed by atoms with van der Waals surface area (Å²) in [5, 5.41) is 2.72. The number of rotatable bonds is 2. The van der Waals surface area contributed by atoms with E-state index in [-0.39, 0.29) is 0 Å². The summed E-state index contributed by atoms with van der Waals surface area (Å²) in [7, 11) is 2.00. The van der Waals surface area contributed by atoms with Crippen molar-refractivity contribution in [2.24, 2.45) is 12.8 Å². The van der Waals surface area contributed by atoms with E-state index < -0.39 is 0 Å². The molecule has 3 nitrogen and oxygen atoms in total. The number of nitrogens with two attached hydrogens (primary N) is 1. The highest BCUT2D eigenvalue weighted by Crippen LogP contribution is 2.34. The van der Waals surface area contributed by atoms with Crippen molar-refractivity contribution in [1.29, 1.82) is 0 Å².